The van der Waals surface area contributed by atoms with Gasteiger partial charge in [0.2, 0.25) is 6.41 Å². The highest BCUT2D eigenvalue weighted by atomic mass is 19.1. The van der Waals surface area contributed by atoms with E-state index in [9.17, 15) is 9.18 Å². The molecule has 154 valence electrons. The highest BCUT2D eigenvalue weighted by molar-refractivity contribution is 5.85. The van der Waals surface area contributed by atoms with Crippen molar-refractivity contribution in [3.63, 3.8) is 0 Å². The van der Waals surface area contributed by atoms with Gasteiger partial charge in [-0.05, 0) is 41.8 Å². The van der Waals surface area contributed by atoms with Gasteiger partial charge < -0.3 is 4.90 Å². The van der Waals surface area contributed by atoms with Crippen molar-refractivity contribution < 1.29 is 9.18 Å². The minimum atomic E-state index is -0.308. The fraction of sp³-hybridized carbons (Fsp3) is 0.208. The summed E-state index contributed by atoms with van der Waals surface area (Å²) in [5.74, 6) is -0.308. The average Bonchev–Trinajstić information content (AvgIpc) is 3.12. The molecular formula is C24H25FN4O. The summed E-state index contributed by atoms with van der Waals surface area (Å²) in [6.07, 6.45) is 9.24. The molecule has 0 aliphatic heterocycles. The molecule has 2 aromatic heterocycles. The summed E-state index contributed by atoms with van der Waals surface area (Å²) < 4.78 is 16.5. The fourth-order valence-corrected chi connectivity index (χ4v) is 3.21. The Morgan fingerprint density at radius 2 is 2.17 bits per heavy atom. The maximum Gasteiger partial charge on any atom is 0.210 e. The van der Waals surface area contributed by atoms with Crippen LogP contribution < -0.4 is 0 Å². The Hall–Kier alpha value is -3.54. The van der Waals surface area contributed by atoms with Crippen LogP contribution >= 0.6 is 0 Å². The van der Waals surface area contributed by atoms with Crippen molar-refractivity contribution in [1.82, 2.24) is 19.7 Å². The Balaban J connectivity index is 1.73. The van der Waals surface area contributed by atoms with Crippen molar-refractivity contribution in [2.24, 2.45) is 7.05 Å². The van der Waals surface area contributed by atoms with Crippen LogP contribution in [0.4, 0.5) is 4.39 Å². The molecular weight excluding hydrogens is 379 g/mol. The zero-order chi connectivity index (χ0) is 21.5. The van der Waals surface area contributed by atoms with Gasteiger partial charge in [-0.3, -0.25) is 14.5 Å². The second-order valence-electron chi connectivity index (χ2n) is 7.08. The molecule has 5 nitrogen and oxygen atoms in total. The summed E-state index contributed by atoms with van der Waals surface area (Å²) in [6.45, 7) is 6.31. The Morgan fingerprint density at radius 3 is 2.90 bits per heavy atom. The summed E-state index contributed by atoms with van der Waals surface area (Å²) in [6, 6.07) is 9.66. The number of carbonyl (C=O) groups excluding carboxylic acids is 1. The largest absolute Gasteiger partial charge is 0.339 e. The number of halogens is 1. The highest BCUT2D eigenvalue weighted by Gasteiger charge is 2.09. The van der Waals surface area contributed by atoms with Gasteiger partial charge in [0.05, 0.1) is 24.0 Å². The Kier molecular flexibility index (Phi) is 6.91. The lowest BCUT2D eigenvalue weighted by Gasteiger charge is -2.17. The molecule has 0 spiro atoms. The third kappa shape index (κ3) is 5.08. The van der Waals surface area contributed by atoms with E-state index in [-0.39, 0.29) is 18.8 Å². The van der Waals surface area contributed by atoms with Crippen LogP contribution in [0.5, 0.6) is 0 Å². The van der Waals surface area contributed by atoms with E-state index in [1.54, 1.807) is 29.2 Å². The van der Waals surface area contributed by atoms with E-state index in [1.165, 1.54) is 11.0 Å². The molecule has 0 bridgehead atoms. The maximum absolute atomic E-state index is 14.7. The van der Waals surface area contributed by atoms with E-state index in [4.69, 9.17) is 0 Å². The van der Waals surface area contributed by atoms with Crippen molar-refractivity contribution in [2.75, 3.05) is 6.54 Å². The number of allylic oxidation sites excluding steroid dienone is 4. The van der Waals surface area contributed by atoms with Crippen molar-refractivity contribution >= 4 is 22.9 Å². The number of aryl methyl sites for hydroxylation is 2. The van der Waals surface area contributed by atoms with E-state index in [2.05, 4.69) is 16.7 Å². The van der Waals surface area contributed by atoms with Crippen molar-refractivity contribution in [3.05, 3.63) is 90.2 Å². The summed E-state index contributed by atoms with van der Waals surface area (Å²) in [5, 5.41) is 5.27. The molecule has 0 fully saturated rings. The van der Waals surface area contributed by atoms with Crippen LogP contribution in [0.15, 0.2) is 73.4 Å². The first-order valence-electron chi connectivity index (χ1n) is 9.72. The minimum absolute atomic E-state index is 0.118. The quantitative estimate of drug-likeness (QED) is 0.382. The second kappa shape index (κ2) is 9.78. The zero-order valence-corrected chi connectivity index (χ0v) is 17.3. The molecule has 0 saturated carbocycles. The normalized spacial score (nSPS) is 12.2. The topological polar surface area (TPSA) is 51.0 Å². The molecule has 0 radical (unpaired) electrons. The number of benzene rings is 1. The number of carbonyl (C=O) groups is 1. The third-order valence-electron chi connectivity index (χ3n) is 4.95. The van der Waals surface area contributed by atoms with Crippen LogP contribution in [0.3, 0.4) is 0 Å². The monoisotopic (exact) mass is 404 g/mol. The third-order valence-corrected chi connectivity index (χ3v) is 4.95. The smallest absolute Gasteiger partial charge is 0.210 e. The summed E-state index contributed by atoms with van der Waals surface area (Å²) in [5.41, 5.74) is 4.36. The first-order chi connectivity index (χ1) is 14.5. The molecule has 2 heterocycles. The molecule has 0 N–H and O–H groups in total. The molecule has 3 rings (SSSR count). The number of hydrogen-bond acceptors (Lipinski definition) is 3. The van der Waals surface area contributed by atoms with Gasteiger partial charge in [0, 0.05) is 31.6 Å². The number of amides is 1. The van der Waals surface area contributed by atoms with Crippen molar-refractivity contribution in [2.45, 2.75) is 19.9 Å². The van der Waals surface area contributed by atoms with Gasteiger partial charge >= 0.3 is 0 Å². The standard InChI is InChI=1S/C24H25FN4O/c1-4-6-19(20-8-9-21-15-27-28(3)24(21)14-20)13-22(25)10-12-29(17-30)16-23-18(2)7-5-11-26-23/h4-9,11,13-15,17H,1,10,12,16H2,2-3H3/b19-6+,22-13+. The van der Waals surface area contributed by atoms with E-state index < -0.39 is 0 Å². The first kappa shape index (κ1) is 21.2. The van der Waals surface area contributed by atoms with E-state index in [0.717, 1.165) is 34.1 Å². The lowest BCUT2D eigenvalue weighted by Crippen LogP contribution is -2.23. The number of aromatic nitrogens is 3. The van der Waals surface area contributed by atoms with Gasteiger partial charge in [0.1, 0.15) is 5.83 Å². The zero-order valence-electron chi connectivity index (χ0n) is 17.3. The van der Waals surface area contributed by atoms with E-state index in [1.807, 2.05) is 44.3 Å². The van der Waals surface area contributed by atoms with Crippen molar-refractivity contribution in [1.29, 1.82) is 0 Å². The summed E-state index contributed by atoms with van der Waals surface area (Å²) in [4.78, 5) is 17.3. The maximum atomic E-state index is 14.7. The Labute approximate surface area is 175 Å². The number of hydrogen-bond donors (Lipinski definition) is 0. The molecule has 6 heteroatoms. The summed E-state index contributed by atoms with van der Waals surface area (Å²) >= 11 is 0. The lowest BCUT2D eigenvalue weighted by molar-refractivity contribution is -0.118. The minimum Gasteiger partial charge on any atom is -0.339 e. The first-order valence-corrected chi connectivity index (χ1v) is 9.72. The molecule has 0 saturated heterocycles. The van der Waals surface area contributed by atoms with Crippen LogP contribution in [0.1, 0.15) is 23.2 Å². The second-order valence-corrected chi connectivity index (χ2v) is 7.08. The molecule has 1 aromatic carbocycles. The highest BCUT2D eigenvalue weighted by Crippen LogP contribution is 2.24. The molecule has 0 unspecified atom stereocenters. The van der Waals surface area contributed by atoms with Crippen molar-refractivity contribution in [3.8, 4) is 0 Å². The number of rotatable bonds is 9. The van der Waals surface area contributed by atoms with Crippen LogP contribution in [-0.4, -0.2) is 32.6 Å². The molecule has 1 amide bonds. The van der Waals surface area contributed by atoms with Crippen LogP contribution in [0, 0.1) is 6.92 Å². The molecule has 0 atom stereocenters. The number of pyridine rings is 1. The molecule has 0 aliphatic rings. The Morgan fingerprint density at radius 1 is 1.33 bits per heavy atom. The number of nitrogens with zero attached hydrogens (tertiary/aromatic N) is 4. The molecule has 3 aromatic rings. The van der Waals surface area contributed by atoms with E-state index >= 15 is 0 Å². The van der Waals surface area contributed by atoms with Crippen LogP contribution in [0.25, 0.3) is 16.5 Å². The van der Waals surface area contributed by atoms with Crippen LogP contribution in [0.2, 0.25) is 0 Å². The Bertz CT molecular complexity index is 1110. The molecule has 0 aliphatic carbocycles. The SMILES string of the molecule is C=C/C=C(\C=C(\F)CCN(C=O)Cc1ncccc1C)c1ccc2cnn(C)c2c1. The fourth-order valence-electron chi connectivity index (χ4n) is 3.21. The van der Waals surface area contributed by atoms with Gasteiger partial charge in [-0.15, -0.1) is 0 Å². The van der Waals surface area contributed by atoms with E-state index in [0.29, 0.717) is 12.1 Å². The summed E-state index contributed by atoms with van der Waals surface area (Å²) in [7, 11) is 1.87. The lowest BCUT2D eigenvalue weighted by atomic mass is 10.0. The van der Waals surface area contributed by atoms with Gasteiger partial charge in [-0.1, -0.05) is 36.9 Å². The van der Waals surface area contributed by atoms with Gasteiger partial charge in [0.25, 0.3) is 0 Å². The number of fused-ring (bicyclic) bond motifs is 1. The van der Waals surface area contributed by atoms with Gasteiger partial charge in [-0.25, -0.2) is 4.39 Å². The van der Waals surface area contributed by atoms with Gasteiger partial charge in [0.15, 0.2) is 0 Å². The van der Waals surface area contributed by atoms with Crippen LogP contribution in [-0.2, 0) is 18.4 Å². The molecule has 30 heavy (non-hydrogen) atoms. The predicted molar refractivity (Wildman–Crippen MR) is 118 cm³/mol. The predicted octanol–water partition coefficient (Wildman–Crippen LogP) is 4.75. The van der Waals surface area contributed by atoms with Gasteiger partial charge in [-0.2, -0.15) is 5.10 Å². The average molecular weight is 404 g/mol.